The van der Waals surface area contributed by atoms with Gasteiger partial charge in [0.1, 0.15) is 17.6 Å². The zero-order valence-electron chi connectivity index (χ0n) is 52.0. The van der Waals surface area contributed by atoms with Crippen LogP contribution >= 0.6 is 0 Å². The summed E-state index contributed by atoms with van der Waals surface area (Å²) in [4.78, 5) is 33.0. The fourth-order valence-corrected chi connectivity index (χ4v) is 23.9. The quantitative estimate of drug-likeness (QED) is 0.0540. The zero-order chi connectivity index (χ0) is 58.9. The second kappa shape index (κ2) is 22.3. The normalized spacial score (nSPS) is 44.2. The van der Waals surface area contributed by atoms with E-state index in [4.69, 9.17) is 10.5 Å². The molecule has 12 aliphatic rings. The summed E-state index contributed by atoms with van der Waals surface area (Å²) in [5.41, 5.74) is 10.3. The lowest BCUT2D eigenvalue weighted by molar-refractivity contribution is -0.259. The minimum atomic E-state index is -0.956. The van der Waals surface area contributed by atoms with Gasteiger partial charge in [-0.15, -0.1) is 0 Å². The first kappa shape index (κ1) is 59.5. The molecule has 0 unspecified atom stereocenters. The van der Waals surface area contributed by atoms with Gasteiger partial charge >= 0.3 is 0 Å². The second-order valence-corrected chi connectivity index (χ2v) is 31.6. The van der Waals surface area contributed by atoms with Gasteiger partial charge in [0.15, 0.2) is 5.78 Å². The lowest BCUT2D eigenvalue weighted by Gasteiger charge is -2.76. The number of phenolic OH excluding ortho intramolecular Hbond substituents is 1. The number of epoxide rings is 1. The van der Waals surface area contributed by atoms with Crippen molar-refractivity contribution in [3.05, 3.63) is 82.0 Å². The molecule has 6 bridgehead atoms. The molecular weight excluding hydrogens is 1050 g/mol. The predicted molar refractivity (Wildman–Crippen MR) is 330 cm³/mol. The number of β-amino-alcohol motifs (C(OH)–C–C–N with tert-alkyl or cyclic N) is 1. The molecule has 20 atom stereocenters. The number of aromatic hydroxyl groups is 1. The van der Waals surface area contributed by atoms with Crippen LogP contribution in [0.25, 0.3) is 0 Å². The highest BCUT2D eigenvalue weighted by atomic mass is 16.6. The van der Waals surface area contributed by atoms with Crippen LogP contribution in [-0.2, 0) is 27.3 Å². The number of rotatable bonds is 13. The zero-order valence-corrected chi connectivity index (χ0v) is 52.0. The summed E-state index contributed by atoms with van der Waals surface area (Å²) in [5, 5.41) is 68.3. The van der Waals surface area contributed by atoms with Gasteiger partial charge < -0.3 is 46.6 Å². The molecule has 0 aromatic heterocycles. The minimum absolute atomic E-state index is 0.0137. The maximum atomic E-state index is 16.7. The molecule has 9 N–H and O–H groups in total. The van der Waals surface area contributed by atoms with E-state index >= 15 is 9.59 Å². The first-order chi connectivity index (χ1) is 40.3. The summed E-state index contributed by atoms with van der Waals surface area (Å²) in [6.07, 6.45) is 23.6. The number of benzene rings is 2. The fourth-order valence-electron chi connectivity index (χ4n) is 23.9. The van der Waals surface area contributed by atoms with Gasteiger partial charge in [0, 0.05) is 55.3 Å². The summed E-state index contributed by atoms with van der Waals surface area (Å²) in [6.45, 7) is 12.3. The third kappa shape index (κ3) is 9.29. The number of ketones is 2. The van der Waals surface area contributed by atoms with Gasteiger partial charge in [-0.1, -0.05) is 82.7 Å². The molecule has 2 saturated heterocycles. The first-order valence-corrected chi connectivity index (χ1v) is 34.1. The Morgan fingerprint density at radius 3 is 2.39 bits per heavy atom. The van der Waals surface area contributed by atoms with Crippen LogP contribution in [0.1, 0.15) is 210 Å². The standard InChI is InChI=1S/C73H105N3O8/c1-42(2)27-44-28-47(33-51(74)30-44)53-15-11-16-56(53)70(5)67(84-70)60(80)35-55-54-32-43(39-77)18-19-46(54)20-21-50(40-78)72-36-59-65-71(25-10-9-24-68(3,83)41-76-59)26-12-17-58(63(66(71)82)48-29-45(38-75-6)31-52(79)34-48)73(65,49-13-7-8-14-49)62(72)23-22-57-64(55)61(81)37-69(57,72)4/h12,17,28-31,33-34,42-43,46,49-50,53-56,58-60,62-63,65,67,75-80,83H,7-11,13-16,18-27,32,35-41,74H2,1-6H3/t43-,46+,50-,53-,54-,55-,56+,58-,59+,60+,62-,63+,65-,67+,68-,69-,70+,71-,72+,73-/m0/s1. The minimum Gasteiger partial charge on any atom is -0.508 e. The van der Waals surface area contributed by atoms with E-state index in [1.165, 1.54) is 16.7 Å². The van der Waals surface area contributed by atoms with Crippen molar-refractivity contribution in [2.45, 2.75) is 230 Å². The van der Waals surface area contributed by atoms with E-state index in [0.717, 1.165) is 144 Å². The third-order valence-electron chi connectivity index (χ3n) is 26.7. The number of allylic oxidation sites excluding steroid dienone is 4. The number of aliphatic hydroxyl groups excluding tert-OH is 3. The number of Topliss-reactive ketones (excluding diaryl/α,β-unsaturated/α-hetero) is 2. The number of carbonyl (C=O) groups is 2. The van der Waals surface area contributed by atoms with E-state index in [9.17, 15) is 25.5 Å². The third-order valence-corrected chi connectivity index (χ3v) is 26.7. The second-order valence-electron chi connectivity index (χ2n) is 31.6. The molecule has 84 heavy (non-hydrogen) atoms. The number of carbonyl (C=O) groups excluding carboxylic acids is 2. The van der Waals surface area contributed by atoms with Crippen molar-refractivity contribution in [2.24, 2.45) is 86.8 Å². The summed E-state index contributed by atoms with van der Waals surface area (Å²) in [7, 11) is 1.93. The fraction of sp³-hybridized carbons (Fsp3) is 0.753. The largest absolute Gasteiger partial charge is 0.508 e. The number of anilines is 1. The van der Waals surface area contributed by atoms with E-state index in [-0.39, 0.29) is 96.1 Å². The number of ether oxygens (including phenoxy) is 1. The number of aliphatic hydroxyl groups is 4. The van der Waals surface area contributed by atoms with Crippen molar-refractivity contribution < 1.29 is 39.9 Å². The predicted octanol–water partition coefficient (Wildman–Crippen LogP) is 11.8. The molecule has 2 heterocycles. The van der Waals surface area contributed by atoms with Gasteiger partial charge in [-0.2, -0.15) is 0 Å². The summed E-state index contributed by atoms with van der Waals surface area (Å²) in [5.74, 6) is 1.56. The van der Waals surface area contributed by atoms with Crippen molar-refractivity contribution in [3.8, 4) is 5.75 Å². The summed E-state index contributed by atoms with van der Waals surface area (Å²) >= 11 is 0. The van der Waals surface area contributed by atoms with Crippen molar-refractivity contribution in [2.75, 3.05) is 32.5 Å². The molecule has 10 aliphatic carbocycles. The van der Waals surface area contributed by atoms with Crippen LogP contribution in [0.15, 0.2) is 59.7 Å². The molecule has 11 nitrogen and oxygen atoms in total. The number of fused-ring (bicyclic) bond motifs is 3. The molecule has 11 heteroatoms. The highest BCUT2D eigenvalue weighted by Crippen LogP contribution is 2.82. The van der Waals surface area contributed by atoms with Gasteiger partial charge in [-0.3, -0.25) is 9.59 Å². The van der Waals surface area contributed by atoms with Crippen molar-refractivity contribution in [1.29, 1.82) is 0 Å². The Labute approximate surface area is 502 Å². The maximum absolute atomic E-state index is 16.7. The Bertz CT molecular complexity index is 2890. The molecule has 2 spiro atoms. The Morgan fingerprint density at radius 1 is 0.857 bits per heavy atom. The molecule has 0 radical (unpaired) electrons. The highest BCUT2D eigenvalue weighted by Gasteiger charge is 2.80. The number of phenols is 1. The van der Waals surface area contributed by atoms with Crippen molar-refractivity contribution in [3.63, 3.8) is 0 Å². The van der Waals surface area contributed by atoms with E-state index in [1.807, 2.05) is 26.1 Å². The first-order valence-electron chi connectivity index (χ1n) is 34.1. The molecular formula is C73H105N3O8. The van der Waals surface area contributed by atoms with E-state index in [0.29, 0.717) is 56.4 Å². The molecule has 2 aromatic carbocycles. The Kier molecular flexibility index (Phi) is 15.8. The van der Waals surface area contributed by atoms with Crippen molar-refractivity contribution in [1.82, 2.24) is 10.6 Å². The highest BCUT2D eigenvalue weighted by molar-refractivity contribution is 6.01. The Balaban J connectivity index is 0.964. The lowest BCUT2D eigenvalue weighted by atomic mass is 9.27. The SMILES string of the molecule is CNCc1cc(O)cc([C@H]2C(=O)[C@]34CC=C[C@@H]2[C@@]2(C5CCCC5)[C@H]5CCC6=C7C(=O)C[C@]6(C)[C@]5(C[C@@H](NC[C@@](C)(O)CCCC3)[C@@H]42)[C@H](CO)CC[C@H]2CC[C@H](CO)C[C@@H]2[C@@H]7C[C@@H](O)[C@H]2O[C@]2(C)[C@@H]2CCC[C@H]2c2cc(N)cc(CC(C)C)c2)c1. The lowest BCUT2D eigenvalue weighted by Crippen LogP contribution is -2.76. The smallest absolute Gasteiger partial charge is 0.160 e. The van der Waals surface area contributed by atoms with Gasteiger partial charge in [0.25, 0.3) is 0 Å². The summed E-state index contributed by atoms with van der Waals surface area (Å²) in [6, 6.07) is 12.5. The number of nitrogens with one attached hydrogen (secondary N) is 2. The Hall–Kier alpha value is -3.42. The molecule has 6 saturated carbocycles. The Morgan fingerprint density at radius 2 is 1.63 bits per heavy atom. The van der Waals surface area contributed by atoms with Crippen LogP contribution in [0.5, 0.6) is 5.75 Å². The average Bonchev–Trinajstić information content (AvgIpc) is 1.08. The van der Waals surface area contributed by atoms with Crippen LogP contribution in [0.2, 0.25) is 0 Å². The summed E-state index contributed by atoms with van der Waals surface area (Å²) < 4.78 is 6.94. The molecule has 14 rings (SSSR count). The van der Waals surface area contributed by atoms with Crippen LogP contribution < -0.4 is 16.4 Å². The van der Waals surface area contributed by atoms with Gasteiger partial charge in [0.05, 0.1) is 23.2 Å². The van der Waals surface area contributed by atoms with Crippen LogP contribution in [0, 0.1) is 86.8 Å². The van der Waals surface area contributed by atoms with Crippen LogP contribution in [0.4, 0.5) is 5.69 Å². The molecule has 460 valence electrons. The number of nitrogens with two attached hydrogens (primary N) is 1. The van der Waals surface area contributed by atoms with E-state index in [1.54, 1.807) is 0 Å². The van der Waals surface area contributed by atoms with Crippen LogP contribution in [0.3, 0.4) is 0 Å². The monoisotopic (exact) mass is 1150 g/mol. The maximum Gasteiger partial charge on any atom is 0.160 e. The number of hydrogen-bond donors (Lipinski definition) is 8. The number of nitrogen functional groups attached to an aromatic ring is 1. The van der Waals surface area contributed by atoms with E-state index in [2.05, 4.69) is 74.7 Å². The molecule has 2 aliphatic heterocycles. The van der Waals surface area contributed by atoms with Gasteiger partial charge in [-0.25, -0.2) is 0 Å². The molecule has 0 amide bonds. The van der Waals surface area contributed by atoms with E-state index < -0.39 is 44.9 Å². The van der Waals surface area contributed by atoms with Crippen molar-refractivity contribution >= 4 is 17.3 Å². The van der Waals surface area contributed by atoms with Crippen LogP contribution in [-0.4, -0.2) is 93.4 Å². The van der Waals surface area contributed by atoms with Gasteiger partial charge in [-0.05, 0) is 264 Å². The topological polar surface area (TPSA) is 198 Å². The molecule has 8 fully saturated rings. The molecule has 2 aromatic rings. The van der Waals surface area contributed by atoms with Gasteiger partial charge in [0.2, 0.25) is 0 Å². The number of hydrogen-bond acceptors (Lipinski definition) is 11. The average molecular weight is 1150 g/mol.